The Morgan fingerprint density at radius 2 is 1.62 bits per heavy atom. The van der Waals surface area contributed by atoms with Crippen molar-refractivity contribution < 1.29 is 4.39 Å². The molecule has 0 bridgehead atoms. The lowest BCUT2D eigenvalue weighted by molar-refractivity contribution is 0.627. The van der Waals surface area contributed by atoms with Crippen molar-refractivity contribution in [3.05, 3.63) is 59.9 Å². The zero-order valence-corrected chi connectivity index (χ0v) is 12.8. The van der Waals surface area contributed by atoms with Gasteiger partial charge in [-0.2, -0.15) is 0 Å². The summed E-state index contributed by atoms with van der Waals surface area (Å²) >= 11 is 2.01. The first-order valence-electron chi connectivity index (χ1n) is 7.55. The SMILES string of the molecule is Fc1ccc(CNc2ccc(SC3CCCC3)cc2)cc1. The van der Waals surface area contributed by atoms with Crippen LogP contribution in [0.5, 0.6) is 0 Å². The summed E-state index contributed by atoms with van der Waals surface area (Å²) in [6.45, 7) is 0.718. The molecule has 1 fully saturated rings. The summed E-state index contributed by atoms with van der Waals surface area (Å²) in [5.41, 5.74) is 2.19. The van der Waals surface area contributed by atoms with Gasteiger partial charge in [-0.1, -0.05) is 25.0 Å². The molecule has 0 amide bonds. The number of thioether (sulfide) groups is 1. The van der Waals surface area contributed by atoms with Gasteiger partial charge in [0.1, 0.15) is 5.82 Å². The van der Waals surface area contributed by atoms with Crippen LogP contribution in [0.1, 0.15) is 31.2 Å². The highest BCUT2D eigenvalue weighted by Crippen LogP contribution is 2.34. The third-order valence-corrected chi connectivity index (χ3v) is 5.22. The number of hydrogen-bond acceptors (Lipinski definition) is 2. The van der Waals surface area contributed by atoms with Crippen molar-refractivity contribution in [3.8, 4) is 0 Å². The van der Waals surface area contributed by atoms with Gasteiger partial charge in [0.2, 0.25) is 0 Å². The second kappa shape index (κ2) is 6.99. The van der Waals surface area contributed by atoms with Crippen LogP contribution in [0.4, 0.5) is 10.1 Å². The fraction of sp³-hybridized carbons (Fsp3) is 0.333. The molecule has 110 valence electrons. The van der Waals surface area contributed by atoms with Gasteiger partial charge in [-0.25, -0.2) is 4.39 Å². The number of nitrogens with one attached hydrogen (secondary N) is 1. The molecule has 0 spiro atoms. The van der Waals surface area contributed by atoms with Gasteiger partial charge in [0, 0.05) is 22.4 Å². The molecule has 2 aromatic carbocycles. The number of hydrogen-bond donors (Lipinski definition) is 1. The number of rotatable bonds is 5. The van der Waals surface area contributed by atoms with E-state index in [1.165, 1.54) is 42.7 Å². The lowest BCUT2D eigenvalue weighted by Gasteiger charge is -2.10. The Hall–Kier alpha value is -1.48. The molecule has 1 saturated carbocycles. The molecule has 1 N–H and O–H groups in total. The van der Waals surface area contributed by atoms with E-state index in [9.17, 15) is 4.39 Å². The predicted molar refractivity (Wildman–Crippen MR) is 88.3 cm³/mol. The maximum Gasteiger partial charge on any atom is 0.123 e. The van der Waals surface area contributed by atoms with Crippen molar-refractivity contribution in [1.82, 2.24) is 0 Å². The van der Waals surface area contributed by atoms with E-state index >= 15 is 0 Å². The normalized spacial score (nSPS) is 15.3. The topological polar surface area (TPSA) is 12.0 Å². The van der Waals surface area contributed by atoms with Gasteiger partial charge in [0.15, 0.2) is 0 Å². The van der Waals surface area contributed by atoms with Crippen LogP contribution in [-0.4, -0.2) is 5.25 Å². The summed E-state index contributed by atoms with van der Waals surface area (Å²) in [6, 6.07) is 15.3. The van der Waals surface area contributed by atoms with Gasteiger partial charge < -0.3 is 5.32 Å². The first kappa shape index (κ1) is 14.5. The van der Waals surface area contributed by atoms with E-state index in [0.717, 1.165) is 23.0 Å². The molecule has 1 nitrogen and oxygen atoms in total. The smallest absolute Gasteiger partial charge is 0.123 e. The van der Waals surface area contributed by atoms with Crippen molar-refractivity contribution in [3.63, 3.8) is 0 Å². The molecule has 2 aromatic rings. The van der Waals surface area contributed by atoms with Crippen LogP contribution in [0.2, 0.25) is 0 Å². The Morgan fingerprint density at radius 1 is 0.952 bits per heavy atom. The van der Waals surface area contributed by atoms with Crippen LogP contribution in [0.25, 0.3) is 0 Å². The van der Waals surface area contributed by atoms with E-state index in [0.29, 0.717) is 0 Å². The van der Waals surface area contributed by atoms with Gasteiger partial charge in [-0.15, -0.1) is 11.8 Å². The lowest BCUT2D eigenvalue weighted by atomic mass is 10.2. The Bertz CT molecular complexity index is 559. The third-order valence-electron chi connectivity index (χ3n) is 3.87. The van der Waals surface area contributed by atoms with Crippen molar-refractivity contribution in [2.45, 2.75) is 42.4 Å². The average Bonchev–Trinajstić information content (AvgIpc) is 3.01. The molecule has 0 aliphatic heterocycles. The summed E-state index contributed by atoms with van der Waals surface area (Å²) in [5.74, 6) is -0.188. The van der Waals surface area contributed by atoms with Gasteiger partial charge in [0.25, 0.3) is 0 Å². The van der Waals surface area contributed by atoms with Crippen LogP contribution in [0, 0.1) is 5.82 Å². The highest BCUT2D eigenvalue weighted by molar-refractivity contribution is 8.00. The van der Waals surface area contributed by atoms with Crippen LogP contribution in [-0.2, 0) is 6.54 Å². The molecule has 0 atom stereocenters. The monoisotopic (exact) mass is 301 g/mol. The molecular formula is C18H20FNS. The summed E-state index contributed by atoms with van der Waals surface area (Å²) in [4.78, 5) is 1.36. The van der Waals surface area contributed by atoms with E-state index < -0.39 is 0 Å². The van der Waals surface area contributed by atoms with Crippen molar-refractivity contribution in [1.29, 1.82) is 0 Å². The van der Waals surface area contributed by atoms with Crippen molar-refractivity contribution >= 4 is 17.4 Å². The van der Waals surface area contributed by atoms with E-state index in [2.05, 4.69) is 29.6 Å². The Balaban J connectivity index is 1.52. The van der Waals surface area contributed by atoms with E-state index in [-0.39, 0.29) is 5.82 Å². The second-order valence-electron chi connectivity index (χ2n) is 5.53. The summed E-state index contributed by atoms with van der Waals surface area (Å²) in [5, 5.41) is 4.18. The molecule has 21 heavy (non-hydrogen) atoms. The fourth-order valence-electron chi connectivity index (χ4n) is 2.66. The molecule has 3 heteroatoms. The van der Waals surface area contributed by atoms with E-state index in [1.54, 1.807) is 0 Å². The van der Waals surface area contributed by atoms with E-state index in [4.69, 9.17) is 0 Å². The van der Waals surface area contributed by atoms with Gasteiger partial charge in [-0.3, -0.25) is 0 Å². The average molecular weight is 301 g/mol. The second-order valence-corrected chi connectivity index (χ2v) is 6.90. The standard InChI is InChI=1S/C18H20FNS/c19-15-7-5-14(6-8-15)13-20-16-9-11-18(12-10-16)21-17-3-1-2-4-17/h5-12,17,20H,1-4,13H2. The van der Waals surface area contributed by atoms with Crippen LogP contribution < -0.4 is 5.32 Å². The van der Waals surface area contributed by atoms with Crippen LogP contribution >= 0.6 is 11.8 Å². The minimum Gasteiger partial charge on any atom is -0.381 e. The molecule has 1 aliphatic rings. The molecule has 0 radical (unpaired) electrons. The summed E-state index contributed by atoms with van der Waals surface area (Å²) in [7, 11) is 0. The molecule has 3 rings (SSSR count). The maximum absolute atomic E-state index is 12.8. The highest BCUT2D eigenvalue weighted by atomic mass is 32.2. The van der Waals surface area contributed by atoms with Crippen molar-refractivity contribution in [2.75, 3.05) is 5.32 Å². The predicted octanol–water partition coefficient (Wildman–Crippen LogP) is 5.47. The van der Waals surface area contributed by atoms with E-state index in [1.807, 2.05) is 23.9 Å². The maximum atomic E-state index is 12.8. The quantitative estimate of drug-likeness (QED) is 0.785. The zero-order chi connectivity index (χ0) is 14.5. The first-order valence-corrected chi connectivity index (χ1v) is 8.42. The lowest BCUT2D eigenvalue weighted by Crippen LogP contribution is -1.99. The Labute approximate surface area is 130 Å². The zero-order valence-electron chi connectivity index (χ0n) is 12.0. The van der Waals surface area contributed by atoms with Gasteiger partial charge >= 0.3 is 0 Å². The Morgan fingerprint density at radius 3 is 2.29 bits per heavy atom. The van der Waals surface area contributed by atoms with Crippen molar-refractivity contribution in [2.24, 2.45) is 0 Å². The molecule has 1 aliphatic carbocycles. The highest BCUT2D eigenvalue weighted by Gasteiger charge is 2.15. The van der Waals surface area contributed by atoms with Crippen LogP contribution in [0.15, 0.2) is 53.4 Å². The largest absolute Gasteiger partial charge is 0.381 e. The number of benzene rings is 2. The molecule has 0 heterocycles. The number of halogens is 1. The third kappa shape index (κ3) is 4.24. The summed E-state index contributed by atoms with van der Waals surface area (Å²) in [6.07, 6.45) is 5.48. The molecule has 0 unspecified atom stereocenters. The first-order chi connectivity index (χ1) is 10.3. The minimum atomic E-state index is -0.188. The Kier molecular flexibility index (Phi) is 4.81. The fourth-order valence-corrected chi connectivity index (χ4v) is 3.90. The molecule has 0 saturated heterocycles. The molecular weight excluding hydrogens is 281 g/mol. The number of anilines is 1. The van der Waals surface area contributed by atoms with Gasteiger partial charge in [0.05, 0.1) is 0 Å². The minimum absolute atomic E-state index is 0.188. The molecule has 0 aromatic heterocycles. The van der Waals surface area contributed by atoms with Crippen LogP contribution in [0.3, 0.4) is 0 Å². The van der Waals surface area contributed by atoms with Gasteiger partial charge in [-0.05, 0) is 54.8 Å². The summed E-state index contributed by atoms with van der Waals surface area (Å²) < 4.78 is 12.8.